The second-order valence-electron chi connectivity index (χ2n) is 4.13. The van der Waals surface area contributed by atoms with Crippen molar-refractivity contribution in [2.75, 3.05) is 11.9 Å². The van der Waals surface area contributed by atoms with Gasteiger partial charge in [0.15, 0.2) is 5.82 Å². The highest BCUT2D eigenvalue weighted by molar-refractivity contribution is 9.10. The lowest BCUT2D eigenvalue weighted by atomic mass is 10.0. The molecule has 0 saturated carbocycles. The Bertz CT molecular complexity index is 440. The Morgan fingerprint density at radius 1 is 1.53 bits per heavy atom. The number of anilines is 1. The lowest BCUT2D eigenvalue weighted by Gasteiger charge is -2.22. The van der Waals surface area contributed by atoms with Crippen molar-refractivity contribution in [1.82, 2.24) is 0 Å². The summed E-state index contributed by atoms with van der Waals surface area (Å²) >= 11 is 3.07. The van der Waals surface area contributed by atoms with Gasteiger partial charge >= 0.3 is 0 Å². The molecule has 0 fully saturated rings. The zero-order valence-electron chi connectivity index (χ0n) is 9.80. The van der Waals surface area contributed by atoms with Crippen LogP contribution in [0.2, 0.25) is 0 Å². The molecule has 17 heavy (non-hydrogen) atoms. The predicted octanol–water partition coefficient (Wildman–Crippen LogP) is 2.86. The highest BCUT2D eigenvalue weighted by atomic mass is 79.9. The zero-order chi connectivity index (χ0) is 13.0. The van der Waals surface area contributed by atoms with Gasteiger partial charge in [-0.05, 0) is 34.0 Å². The van der Waals surface area contributed by atoms with Crippen molar-refractivity contribution >= 4 is 21.6 Å². The highest BCUT2D eigenvalue weighted by Crippen LogP contribution is 2.27. The minimum absolute atomic E-state index is 0.00401. The Balaban J connectivity index is 3.01. The van der Waals surface area contributed by atoms with E-state index in [1.165, 1.54) is 0 Å². The number of nitrogens with two attached hydrogens (primary N) is 1. The van der Waals surface area contributed by atoms with Crippen LogP contribution in [0.1, 0.15) is 19.4 Å². The molecular formula is C12H15BrFN3. The van der Waals surface area contributed by atoms with Crippen molar-refractivity contribution in [2.45, 2.75) is 19.9 Å². The summed E-state index contributed by atoms with van der Waals surface area (Å²) in [7, 11) is 0. The molecule has 0 radical (unpaired) electrons. The number of hydrogen-bond acceptors (Lipinski definition) is 3. The second-order valence-corrected chi connectivity index (χ2v) is 4.92. The molecular weight excluding hydrogens is 285 g/mol. The third-order valence-electron chi connectivity index (χ3n) is 2.60. The van der Waals surface area contributed by atoms with Gasteiger partial charge in [0.2, 0.25) is 0 Å². The molecule has 0 aliphatic carbocycles. The summed E-state index contributed by atoms with van der Waals surface area (Å²) < 4.78 is 14.1. The summed E-state index contributed by atoms with van der Waals surface area (Å²) in [5, 5.41) is 11.8. The largest absolute Gasteiger partial charge is 0.378 e. The van der Waals surface area contributed by atoms with Crippen molar-refractivity contribution in [2.24, 2.45) is 11.7 Å². The fourth-order valence-electron chi connectivity index (χ4n) is 1.44. The van der Waals surface area contributed by atoms with E-state index in [0.717, 1.165) is 0 Å². The van der Waals surface area contributed by atoms with Crippen LogP contribution >= 0.6 is 15.9 Å². The Hall–Kier alpha value is -1.12. The summed E-state index contributed by atoms with van der Waals surface area (Å²) in [4.78, 5) is 0. The number of rotatable bonds is 4. The summed E-state index contributed by atoms with van der Waals surface area (Å²) in [5.74, 6) is -0.156. The van der Waals surface area contributed by atoms with Gasteiger partial charge in [0, 0.05) is 12.6 Å². The van der Waals surface area contributed by atoms with E-state index in [4.69, 9.17) is 11.0 Å². The first-order valence-electron chi connectivity index (χ1n) is 5.36. The van der Waals surface area contributed by atoms with Gasteiger partial charge in [-0.3, -0.25) is 0 Å². The zero-order valence-corrected chi connectivity index (χ0v) is 11.4. The van der Waals surface area contributed by atoms with Gasteiger partial charge in [-0.1, -0.05) is 13.8 Å². The molecule has 3 nitrogen and oxygen atoms in total. The molecule has 0 heterocycles. The maximum absolute atomic E-state index is 13.9. The fourth-order valence-corrected chi connectivity index (χ4v) is 1.88. The van der Waals surface area contributed by atoms with Crippen molar-refractivity contribution in [1.29, 1.82) is 5.26 Å². The van der Waals surface area contributed by atoms with Gasteiger partial charge in [-0.25, -0.2) is 4.39 Å². The SMILES string of the molecule is CC(C)C(CN)Nc1ccc(C#N)c(Br)c1F. The molecule has 0 aliphatic heterocycles. The smallest absolute Gasteiger partial charge is 0.161 e. The van der Waals surface area contributed by atoms with Crippen molar-refractivity contribution in [3.05, 3.63) is 28.0 Å². The Kier molecular flexibility index (Phi) is 4.91. The molecule has 0 spiro atoms. The highest BCUT2D eigenvalue weighted by Gasteiger charge is 2.16. The van der Waals surface area contributed by atoms with Gasteiger partial charge in [0.1, 0.15) is 6.07 Å². The van der Waals surface area contributed by atoms with Gasteiger partial charge in [0.05, 0.1) is 15.7 Å². The molecule has 1 atom stereocenters. The number of nitrogens with zero attached hydrogens (tertiary/aromatic N) is 1. The van der Waals surface area contributed by atoms with E-state index in [0.29, 0.717) is 18.2 Å². The van der Waals surface area contributed by atoms with E-state index < -0.39 is 5.82 Å². The average Bonchev–Trinajstić information content (AvgIpc) is 2.30. The number of nitrogens with one attached hydrogen (secondary N) is 1. The van der Waals surface area contributed by atoms with Crippen LogP contribution in [0.25, 0.3) is 0 Å². The van der Waals surface area contributed by atoms with E-state index >= 15 is 0 Å². The van der Waals surface area contributed by atoms with Crippen LogP contribution in [0, 0.1) is 23.1 Å². The standard InChI is InChI=1S/C12H15BrFN3/c1-7(2)10(6-16)17-9-4-3-8(5-15)11(13)12(9)14/h3-4,7,10,17H,6,16H2,1-2H3. The maximum Gasteiger partial charge on any atom is 0.161 e. The molecule has 92 valence electrons. The molecule has 1 unspecified atom stereocenters. The monoisotopic (exact) mass is 299 g/mol. The average molecular weight is 300 g/mol. The first-order chi connectivity index (χ1) is 8.01. The van der Waals surface area contributed by atoms with Crippen molar-refractivity contribution in [3.63, 3.8) is 0 Å². The predicted molar refractivity (Wildman–Crippen MR) is 70.1 cm³/mol. The fraction of sp³-hybridized carbons (Fsp3) is 0.417. The van der Waals surface area contributed by atoms with Crippen molar-refractivity contribution < 1.29 is 4.39 Å². The van der Waals surface area contributed by atoms with E-state index in [2.05, 4.69) is 21.2 Å². The summed E-state index contributed by atoms with van der Waals surface area (Å²) in [6, 6.07) is 5.05. The Labute approximate surface area is 109 Å². The number of nitriles is 1. The molecule has 0 aliphatic rings. The molecule has 0 bridgehead atoms. The molecule has 1 aromatic rings. The van der Waals surface area contributed by atoms with Crippen LogP contribution in [0.4, 0.5) is 10.1 Å². The lowest BCUT2D eigenvalue weighted by Crippen LogP contribution is -2.34. The molecule has 1 rings (SSSR count). The van der Waals surface area contributed by atoms with E-state index in [9.17, 15) is 4.39 Å². The third kappa shape index (κ3) is 3.18. The van der Waals surface area contributed by atoms with Crippen LogP contribution < -0.4 is 11.1 Å². The van der Waals surface area contributed by atoms with Gasteiger partial charge in [-0.2, -0.15) is 5.26 Å². The quantitative estimate of drug-likeness (QED) is 0.899. The molecule has 1 aromatic carbocycles. The van der Waals surface area contributed by atoms with Crippen LogP contribution in [-0.4, -0.2) is 12.6 Å². The summed E-state index contributed by atoms with van der Waals surface area (Å²) in [5.41, 5.74) is 6.26. The van der Waals surface area contributed by atoms with Crippen molar-refractivity contribution in [3.8, 4) is 6.07 Å². The lowest BCUT2D eigenvalue weighted by molar-refractivity contribution is 0.525. The normalized spacial score (nSPS) is 12.3. The molecule has 0 aromatic heterocycles. The van der Waals surface area contributed by atoms with Gasteiger partial charge in [-0.15, -0.1) is 0 Å². The molecule has 0 saturated heterocycles. The minimum Gasteiger partial charge on any atom is -0.378 e. The van der Waals surface area contributed by atoms with Gasteiger partial charge < -0.3 is 11.1 Å². The topological polar surface area (TPSA) is 61.8 Å². The summed E-state index contributed by atoms with van der Waals surface area (Å²) in [6.07, 6.45) is 0. The minimum atomic E-state index is -0.455. The Morgan fingerprint density at radius 3 is 2.65 bits per heavy atom. The first-order valence-corrected chi connectivity index (χ1v) is 6.15. The second kappa shape index (κ2) is 5.99. The number of halogens is 2. The molecule has 0 amide bonds. The number of hydrogen-bond donors (Lipinski definition) is 2. The van der Waals surface area contributed by atoms with E-state index in [-0.39, 0.29) is 16.1 Å². The van der Waals surface area contributed by atoms with Crippen LogP contribution in [0.5, 0.6) is 0 Å². The van der Waals surface area contributed by atoms with Crippen LogP contribution in [-0.2, 0) is 0 Å². The first kappa shape index (κ1) is 13.9. The Morgan fingerprint density at radius 2 is 2.18 bits per heavy atom. The van der Waals surface area contributed by atoms with E-state index in [1.807, 2.05) is 19.9 Å². The molecule has 5 heteroatoms. The maximum atomic E-state index is 13.9. The summed E-state index contributed by atoms with van der Waals surface area (Å²) in [6.45, 7) is 4.46. The third-order valence-corrected chi connectivity index (χ3v) is 3.38. The van der Waals surface area contributed by atoms with Gasteiger partial charge in [0.25, 0.3) is 0 Å². The van der Waals surface area contributed by atoms with Crippen LogP contribution in [0.15, 0.2) is 16.6 Å². The van der Waals surface area contributed by atoms with Crippen LogP contribution in [0.3, 0.4) is 0 Å². The van der Waals surface area contributed by atoms with E-state index in [1.54, 1.807) is 12.1 Å². The molecule has 3 N–H and O–H groups in total. The number of benzene rings is 1.